The Morgan fingerprint density at radius 2 is 0.462 bits per heavy atom. The van der Waals surface area contributed by atoms with Gasteiger partial charge in [0.2, 0.25) is 0 Å². The molecule has 0 unspecified atom stereocenters. The standard InChI is InChI=1S/C61H39N5.C60H38N6/c1-4-12-44(13-5-1)55-33-31-48-30-32-52-53(37-56(45-14-6-2-7-15-45)64-60(52)59(48)63-55)43-26-22-40(23-27-43)41-24-28-47(29-25-41)58-38-57(46-16-8-3-9-17-46)65-61(66-58)50-20-10-19-49(36-50)51-21-11-18-42-34-35-62-39-54(42)51;1-4-15-39(16-5-1)53-33-31-42-30-32-51-52(38-54(40-17-6-2-7-18-40)63-57(51)56(42)62-53)47-25-10-22-44(35-47)45-23-11-26-48(36-45)59-64-58(43-19-8-3-9-20-43)65-60(66-59)49-27-12-24-46(37-49)50-29-13-21-41-28-14-34-61-55(41)50/h1-39H;1-38H. The van der Waals surface area contributed by atoms with Gasteiger partial charge in [-0.2, -0.15) is 0 Å². The quantitative estimate of drug-likeness (QED) is 0.0853. The maximum atomic E-state index is 5.33. The molecule has 8 heterocycles. The van der Waals surface area contributed by atoms with E-state index in [9.17, 15) is 0 Å². The van der Waals surface area contributed by atoms with E-state index in [1.807, 2.05) is 116 Å². The van der Waals surface area contributed by atoms with Gasteiger partial charge < -0.3 is 0 Å². The van der Waals surface area contributed by atoms with Crippen LogP contribution in [0.2, 0.25) is 0 Å². The van der Waals surface area contributed by atoms with Crippen LogP contribution in [0.5, 0.6) is 0 Å². The predicted molar refractivity (Wildman–Crippen MR) is 541 cm³/mol. The van der Waals surface area contributed by atoms with Crippen LogP contribution in [-0.2, 0) is 0 Å². The topological polar surface area (TPSA) is 142 Å². The van der Waals surface area contributed by atoms with Crippen molar-refractivity contribution in [1.82, 2.24) is 54.8 Å². The fourth-order valence-electron chi connectivity index (χ4n) is 17.8. The summed E-state index contributed by atoms with van der Waals surface area (Å²) < 4.78 is 0. The van der Waals surface area contributed by atoms with Crippen LogP contribution in [0, 0.1) is 0 Å². The lowest BCUT2D eigenvalue weighted by Crippen LogP contribution is -2.00. The molecule has 0 aliphatic carbocycles. The van der Waals surface area contributed by atoms with Crippen LogP contribution in [0.4, 0.5) is 0 Å². The predicted octanol–water partition coefficient (Wildman–Crippen LogP) is 30.3. The molecule has 11 nitrogen and oxygen atoms in total. The van der Waals surface area contributed by atoms with Gasteiger partial charge in [0.15, 0.2) is 23.3 Å². The highest BCUT2D eigenvalue weighted by Gasteiger charge is 2.22. The maximum Gasteiger partial charge on any atom is 0.164 e. The van der Waals surface area contributed by atoms with Gasteiger partial charge in [0.1, 0.15) is 0 Å². The second kappa shape index (κ2) is 34.8. The summed E-state index contributed by atoms with van der Waals surface area (Å²) in [4.78, 5) is 55.9. The molecule has 16 aromatic carbocycles. The Morgan fingerprint density at radius 3 is 0.962 bits per heavy atom. The van der Waals surface area contributed by atoms with Crippen molar-refractivity contribution >= 4 is 65.3 Å². The van der Waals surface area contributed by atoms with Gasteiger partial charge in [0, 0.05) is 112 Å². The largest absolute Gasteiger partial charge is 0.264 e. The minimum Gasteiger partial charge on any atom is -0.264 e. The number of hydrogen-bond acceptors (Lipinski definition) is 11. The van der Waals surface area contributed by atoms with Crippen molar-refractivity contribution in [2.24, 2.45) is 0 Å². The molecule has 24 aromatic rings. The van der Waals surface area contributed by atoms with Crippen LogP contribution in [-0.4, -0.2) is 54.8 Å². The average Bonchev–Trinajstić information content (AvgIpc) is 0.750. The summed E-state index contributed by atoms with van der Waals surface area (Å²) in [5, 5.41) is 7.56. The number of fused-ring (bicyclic) bond motifs is 8. The molecular formula is C121H77N11. The fourth-order valence-corrected chi connectivity index (χ4v) is 17.8. The number of rotatable bonds is 16. The first-order valence-electron chi connectivity index (χ1n) is 44.1. The smallest absolute Gasteiger partial charge is 0.164 e. The monoisotopic (exact) mass is 1680 g/mol. The zero-order valence-corrected chi connectivity index (χ0v) is 71.4. The second-order valence-electron chi connectivity index (χ2n) is 32.8. The van der Waals surface area contributed by atoms with Crippen LogP contribution in [0.15, 0.2) is 468 Å². The molecule has 0 saturated heterocycles. The Bertz CT molecular complexity index is 8470. The third-order valence-corrected chi connectivity index (χ3v) is 24.5. The number of nitrogens with zero attached hydrogens (tertiary/aromatic N) is 11. The van der Waals surface area contributed by atoms with Crippen molar-refractivity contribution in [2.45, 2.75) is 0 Å². The third kappa shape index (κ3) is 15.8. The van der Waals surface area contributed by atoms with Crippen molar-refractivity contribution in [3.8, 4) is 180 Å². The van der Waals surface area contributed by atoms with E-state index in [1.165, 1.54) is 0 Å². The van der Waals surface area contributed by atoms with Gasteiger partial charge >= 0.3 is 0 Å². The van der Waals surface area contributed by atoms with Gasteiger partial charge in [-0.1, -0.05) is 382 Å². The molecule has 0 spiro atoms. The molecule has 0 aliphatic rings. The van der Waals surface area contributed by atoms with Crippen LogP contribution in [0.3, 0.4) is 0 Å². The summed E-state index contributed by atoms with van der Waals surface area (Å²) in [6, 6.07) is 156. The Hall–Kier alpha value is -17.9. The minimum absolute atomic E-state index is 0.593. The molecule has 11 heteroatoms. The molecule has 0 radical (unpaired) electrons. The summed E-state index contributed by atoms with van der Waals surface area (Å²) >= 11 is 0. The normalized spacial score (nSPS) is 11.3. The molecule has 0 amide bonds. The Kier molecular flexibility index (Phi) is 20.8. The van der Waals surface area contributed by atoms with E-state index in [1.54, 1.807) is 0 Å². The highest BCUT2D eigenvalue weighted by molar-refractivity contribution is 6.12. The number of pyridine rings is 6. The molecule has 132 heavy (non-hydrogen) atoms. The number of benzene rings is 16. The fraction of sp³-hybridized carbons (Fsp3) is 0. The van der Waals surface area contributed by atoms with Gasteiger partial charge in [-0.15, -0.1) is 0 Å². The van der Waals surface area contributed by atoms with Crippen LogP contribution in [0.1, 0.15) is 0 Å². The minimum atomic E-state index is 0.593. The number of aromatic nitrogens is 11. The summed E-state index contributed by atoms with van der Waals surface area (Å²) in [5.41, 5.74) is 32.9. The lowest BCUT2D eigenvalue weighted by atomic mass is 9.94. The Morgan fingerprint density at radius 1 is 0.136 bits per heavy atom. The summed E-state index contributed by atoms with van der Waals surface area (Å²) in [5.74, 6) is 2.47. The van der Waals surface area contributed by atoms with Gasteiger partial charge in [-0.3, -0.25) is 9.97 Å². The van der Waals surface area contributed by atoms with Crippen molar-refractivity contribution in [3.05, 3.63) is 468 Å². The zero-order valence-electron chi connectivity index (χ0n) is 71.4. The zero-order chi connectivity index (χ0) is 87.6. The van der Waals surface area contributed by atoms with E-state index in [0.717, 1.165) is 222 Å². The number of para-hydroxylation sites is 1. The van der Waals surface area contributed by atoms with Crippen LogP contribution >= 0.6 is 0 Å². The van der Waals surface area contributed by atoms with E-state index in [-0.39, 0.29) is 0 Å². The lowest BCUT2D eigenvalue weighted by molar-refractivity contribution is 1.07. The van der Waals surface area contributed by atoms with Crippen molar-refractivity contribution in [3.63, 3.8) is 0 Å². The molecule has 0 fully saturated rings. The molecule has 0 saturated carbocycles. The summed E-state index contributed by atoms with van der Waals surface area (Å²) in [7, 11) is 0. The van der Waals surface area contributed by atoms with Crippen LogP contribution < -0.4 is 0 Å². The second-order valence-corrected chi connectivity index (χ2v) is 32.8. The van der Waals surface area contributed by atoms with Gasteiger partial charge in [-0.05, 0) is 133 Å². The van der Waals surface area contributed by atoms with Gasteiger partial charge in [-0.25, -0.2) is 44.9 Å². The van der Waals surface area contributed by atoms with Crippen molar-refractivity contribution in [2.75, 3.05) is 0 Å². The van der Waals surface area contributed by atoms with Crippen molar-refractivity contribution in [1.29, 1.82) is 0 Å². The Balaban J connectivity index is 0.000000150. The molecular weight excluding hydrogens is 1610 g/mol. The average molecular weight is 1690 g/mol. The molecule has 0 aliphatic heterocycles. The van der Waals surface area contributed by atoms with E-state index >= 15 is 0 Å². The van der Waals surface area contributed by atoms with E-state index in [4.69, 9.17) is 49.8 Å². The lowest BCUT2D eigenvalue weighted by Gasteiger charge is -2.14. The molecule has 0 bridgehead atoms. The SMILES string of the molecule is c1ccc(-c2cc(-c3ccc(-c4ccc(-c5cc(-c6ccccc6)nc6c5ccc5ccc(-c7ccccc7)nc56)cc4)cc3)nc(-c3cccc(-c4cccc5ccncc45)c3)n2)cc1.c1ccc(-c2ccc3ccc4c(-c5cccc(-c6cccc(-c7nc(-c8ccccc8)nc(-c8cccc(-c9cccc%10cccnc9%10)c8)n7)c6)c5)cc(-c5ccccc5)nc4c3n2)cc1. The number of hydrogen-bond donors (Lipinski definition) is 0. The summed E-state index contributed by atoms with van der Waals surface area (Å²) in [6.07, 6.45) is 5.61. The summed E-state index contributed by atoms with van der Waals surface area (Å²) in [6.45, 7) is 0. The van der Waals surface area contributed by atoms with E-state index < -0.39 is 0 Å². The van der Waals surface area contributed by atoms with Gasteiger partial charge in [0.05, 0.1) is 61.7 Å². The maximum absolute atomic E-state index is 5.33. The van der Waals surface area contributed by atoms with Crippen LogP contribution in [0.25, 0.3) is 245 Å². The molecule has 24 rings (SSSR count). The first kappa shape index (κ1) is 78.8. The van der Waals surface area contributed by atoms with Crippen molar-refractivity contribution < 1.29 is 0 Å². The third-order valence-electron chi connectivity index (χ3n) is 24.5. The first-order valence-corrected chi connectivity index (χ1v) is 44.1. The molecule has 8 aromatic heterocycles. The van der Waals surface area contributed by atoms with E-state index in [0.29, 0.717) is 23.3 Å². The molecule has 616 valence electrons. The Labute approximate surface area is 762 Å². The molecule has 0 atom stereocenters. The van der Waals surface area contributed by atoms with E-state index in [2.05, 4.69) is 357 Å². The van der Waals surface area contributed by atoms with Gasteiger partial charge in [0.25, 0.3) is 0 Å². The first-order chi connectivity index (χ1) is 65.4. The molecule has 0 N–H and O–H groups in total. The highest BCUT2D eigenvalue weighted by Crippen LogP contribution is 2.43. The highest BCUT2D eigenvalue weighted by atomic mass is 15.0.